The van der Waals surface area contributed by atoms with Gasteiger partial charge in [0, 0.05) is 11.5 Å². The number of aliphatic hydroxyl groups excluding tert-OH is 1. The first-order valence-electron chi connectivity index (χ1n) is 11.0. The van der Waals surface area contributed by atoms with Crippen molar-refractivity contribution in [3.63, 3.8) is 0 Å². The van der Waals surface area contributed by atoms with Crippen molar-refractivity contribution >= 4 is 0 Å². The Kier molecular flexibility index (Phi) is 4.28. The molecule has 4 fully saturated rings. The SMILES string of the molecule is CC12CCC3CCCC(O)CCCCC3C13OC3CC2c1ccc(=O)oc1. The fraction of sp³-hybridized carbons (Fsp3) is 0.783. The number of hydrogen-bond donors (Lipinski definition) is 1. The quantitative estimate of drug-likeness (QED) is 0.742. The van der Waals surface area contributed by atoms with Crippen LogP contribution in [0.3, 0.4) is 0 Å². The van der Waals surface area contributed by atoms with Crippen molar-refractivity contribution in [2.75, 3.05) is 0 Å². The average Bonchev–Trinajstić information content (AvgIpc) is 3.32. The van der Waals surface area contributed by atoms with Gasteiger partial charge >= 0.3 is 5.63 Å². The van der Waals surface area contributed by atoms with Crippen molar-refractivity contribution in [2.24, 2.45) is 17.3 Å². The highest BCUT2D eigenvalue weighted by molar-refractivity contribution is 5.34. The average molecular weight is 373 g/mol. The van der Waals surface area contributed by atoms with Crippen LogP contribution in [-0.2, 0) is 4.74 Å². The standard InChI is InChI=1S/C23H32O4/c1-22-12-11-15-5-4-7-17(24)6-2-3-8-18(15)23(22)20(27-23)13-19(22)16-9-10-21(25)26-14-16/h9-10,14-15,17-20,24H,2-8,11-13H2,1H3. The molecular weight excluding hydrogens is 340 g/mol. The molecule has 4 nitrogen and oxygen atoms in total. The van der Waals surface area contributed by atoms with Gasteiger partial charge in [-0.3, -0.25) is 0 Å². The molecule has 7 atom stereocenters. The summed E-state index contributed by atoms with van der Waals surface area (Å²) in [6, 6.07) is 3.54. The molecule has 7 unspecified atom stereocenters. The number of hydrogen-bond acceptors (Lipinski definition) is 4. The van der Waals surface area contributed by atoms with Gasteiger partial charge in [-0.25, -0.2) is 4.79 Å². The lowest BCUT2D eigenvalue weighted by atomic mass is 9.54. The Morgan fingerprint density at radius 1 is 1.07 bits per heavy atom. The molecule has 1 saturated heterocycles. The summed E-state index contributed by atoms with van der Waals surface area (Å²) in [6.07, 6.45) is 13.4. The van der Waals surface area contributed by atoms with E-state index in [1.165, 1.54) is 37.7 Å². The zero-order valence-corrected chi connectivity index (χ0v) is 16.4. The molecule has 5 rings (SSSR count). The van der Waals surface area contributed by atoms with E-state index < -0.39 is 0 Å². The molecule has 0 amide bonds. The Bertz CT molecular complexity index is 736. The van der Waals surface area contributed by atoms with Crippen molar-refractivity contribution < 1.29 is 14.3 Å². The Labute approximate surface area is 161 Å². The van der Waals surface area contributed by atoms with Crippen LogP contribution in [0.4, 0.5) is 0 Å². The Morgan fingerprint density at radius 3 is 2.70 bits per heavy atom. The predicted molar refractivity (Wildman–Crippen MR) is 103 cm³/mol. The van der Waals surface area contributed by atoms with Crippen LogP contribution in [0, 0.1) is 17.3 Å². The highest BCUT2D eigenvalue weighted by atomic mass is 16.6. The zero-order chi connectivity index (χ0) is 18.6. The van der Waals surface area contributed by atoms with Gasteiger partial charge in [-0.2, -0.15) is 0 Å². The molecule has 0 aromatic carbocycles. The topological polar surface area (TPSA) is 63.0 Å². The Balaban J connectivity index is 1.44. The zero-order valence-electron chi connectivity index (χ0n) is 16.4. The maximum atomic E-state index is 11.4. The Morgan fingerprint density at radius 2 is 1.89 bits per heavy atom. The molecule has 3 aliphatic carbocycles. The van der Waals surface area contributed by atoms with Gasteiger partial charge in [0.1, 0.15) is 5.60 Å². The van der Waals surface area contributed by atoms with Gasteiger partial charge in [0.25, 0.3) is 0 Å². The molecule has 1 N–H and O–H groups in total. The summed E-state index contributed by atoms with van der Waals surface area (Å²) in [5.41, 5.74) is 1.08. The summed E-state index contributed by atoms with van der Waals surface area (Å²) in [6.45, 7) is 2.44. The summed E-state index contributed by atoms with van der Waals surface area (Å²) < 4.78 is 11.7. The van der Waals surface area contributed by atoms with Crippen LogP contribution in [0.2, 0.25) is 0 Å². The lowest BCUT2D eigenvalue weighted by Crippen LogP contribution is -2.50. The molecule has 1 aliphatic heterocycles. The molecule has 4 heteroatoms. The molecule has 3 saturated carbocycles. The monoisotopic (exact) mass is 372 g/mol. The minimum absolute atomic E-state index is 0.0362. The van der Waals surface area contributed by atoms with Crippen molar-refractivity contribution in [3.05, 3.63) is 34.4 Å². The van der Waals surface area contributed by atoms with E-state index >= 15 is 0 Å². The molecule has 4 aliphatic rings. The van der Waals surface area contributed by atoms with Gasteiger partial charge in [0.05, 0.1) is 18.5 Å². The van der Waals surface area contributed by atoms with Crippen LogP contribution in [0.25, 0.3) is 0 Å². The normalized spacial score (nSPS) is 46.8. The minimum Gasteiger partial charge on any atom is -0.431 e. The summed E-state index contributed by atoms with van der Waals surface area (Å²) in [5, 5.41) is 10.1. The van der Waals surface area contributed by atoms with Gasteiger partial charge in [-0.05, 0) is 74.3 Å². The van der Waals surface area contributed by atoms with Crippen LogP contribution >= 0.6 is 0 Å². The molecule has 2 heterocycles. The van der Waals surface area contributed by atoms with E-state index in [0.717, 1.165) is 38.0 Å². The third-order valence-corrected chi connectivity index (χ3v) is 8.56. The fourth-order valence-corrected chi connectivity index (χ4v) is 7.20. The van der Waals surface area contributed by atoms with Crippen LogP contribution in [-0.4, -0.2) is 22.9 Å². The number of ether oxygens (including phenoxy) is 1. The number of fused-ring (bicyclic) bond motifs is 1. The van der Waals surface area contributed by atoms with E-state index in [9.17, 15) is 9.90 Å². The molecule has 1 aromatic heterocycles. The van der Waals surface area contributed by atoms with E-state index in [1.54, 1.807) is 12.3 Å². The molecule has 1 aromatic rings. The second-order valence-electron chi connectivity index (χ2n) is 9.77. The summed E-state index contributed by atoms with van der Waals surface area (Å²) in [4.78, 5) is 11.4. The first kappa shape index (κ1) is 17.9. The smallest absolute Gasteiger partial charge is 0.335 e. The number of rotatable bonds is 1. The van der Waals surface area contributed by atoms with E-state index in [0.29, 0.717) is 17.9 Å². The maximum absolute atomic E-state index is 11.4. The lowest BCUT2D eigenvalue weighted by molar-refractivity contribution is -0.0410. The van der Waals surface area contributed by atoms with E-state index in [2.05, 4.69) is 6.92 Å². The maximum Gasteiger partial charge on any atom is 0.335 e. The van der Waals surface area contributed by atoms with Gasteiger partial charge < -0.3 is 14.3 Å². The third kappa shape index (κ3) is 2.66. The second kappa shape index (κ2) is 6.45. The first-order valence-corrected chi connectivity index (χ1v) is 11.0. The highest BCUT2D eigenvalue weighted by Gasteiger charge is 2.78. The van der Waals surface area contributed by atoms with Crippen LogP contribution in [0.1, 0.15) is 82.6 Å². The molecule has 27 heavy (non-hydrogen) atoms. The number of epoxide rings is 1. The lowest BCUT2D eigenvalue weighted by Gasteiger charge is -2.50. The molecule has 148 valence electrons. The largest absolute Gasteiger partial charge is 0.431 e. The van der Waals surface area contributed by atoms with E-state index in [4.69, 9.17) is 9.15 Å². The van der Waals surface area contributed by atoms with Gasteiger partial charge in [0.2, 0.25) is 0 Å². The van der Waals surface area contributed by atoms with Crippen molar-refractivity contribution in [1.82, 2.24) is 0 Å². The number of aliphatic hydroxyl groups is 1. The van der Waals surface area contributed by atoms with Gasteiger partial charge in [-0.15, -0.1) is 0 Å². The van der Waals surface area contributed by atoms with Gasteiger partial charge in [0.15, 0.2) is 0 Å². The van der Waals surface area contributed by atoms with Crippen LogP contribution in [0.5, 0.6) is 0 Å². The molecular formula is C23H32O4. The van der Waals surface area contributed by atoms with Gasteiger partial charge in [-0.1, -0.05) is 26.2 Å². The minimum atomic E-state index is -0.267. The van der Waals surface area contributed by atoms with Crippen molar-refractivity contribution in [1.29, 1.82) is 0 Å². The Hall–Kier alpha value is -1.13. The van der Waals surface area contributed by atoms with Crippen molar-refractivity contribution in [2.45, 2.75) is 94.9 Å². The van der Waals surface area contributed by atoms with Crippen LogP contribution < -0.4 is 5.63 Å². The summed E-state index contributed by atoms with van der Waals surface area (Å²) in [5.74, 6) is 1.82. The van der Waals surface area contributed by atoms with Crippen molar-refractivity contribution in [3.8, 4) is 0 Å². The van der Waals surface area contributed by atoms with E-state index in [-0.39, 0.29) is 22.7 Å². The first-order chi connectivity index (χ1) is 13.0. The predicted octanol–water partition coefficient (Wildman–Crippen LogP) is 4.40. The third-order valence-electron chi connectivity index (χ3n) is 8.56. The summed E-state index contributed by atoms with van der Waals surface area (Å²) >= 11 is 0. The van der Waals surface area contributed by atoms with Crippen LogP contribution in [0.15, 0.2) is 27.6 Å². The molecule has 0 bridgehead atoms. The fourth-order valence-electron chi connectivity index (χ4n) is 7.20. The molecule has 0 radical (unpaired) electrons. The molecule has 1 spiro atoms. The van der Waals surface area contributed by atoms with E-state index in [1.807, 2.05) is 6.07 Å². The second-order valence-corrected chi connectivity index (χ2v) is 9.77. The highest BCUT2D eigenvalue weighted by Crippen LogP contribution is 2.75. The summed E-state index contributed by atoms with van der Waals surface area (Å²) in [7, 11) is 0.